The van der Waals surface area contributed by atoms with Crippen LogP contribution in [0.1, 0.15) is 37.1 Å². The average Bonchev–Trinajstić information content (AvgIpc) is 3.22. The van der Waals surface area contributed by atoms with E-state index in [0.29, 0.717) is 21.9 Å². The molecule has 0 N–H and O–H groups in total. The number of ether oxygens (including phenoxy) is 1. The van der Waals surface area contributed by atoms with E-state index in [4.69, 9.17) is 4.74 Å². The van der Waals surface area contributed by atoms with Crippen LogP contribution in [0.2, 0.25) is 0 Å². The summed E-state index contributed by atoms with van der Waals surface area (Å²) in [7, 11) is 0. The maximum atomic E-state index is 13.5. The molecule has 2 fully saturated rings. The number of rotatable bonds is 5. The molecule has 1 aliphatic carbocycles. The van der Waals surface area contributed by atoms with Crippen LogP contribution in [0.5, 0.6) is 5.88 Å². The Kier molecular flexibility index (Phi) is 6.66. The maximum Gasteiger partial charge on any atom is 0.471 e. The number of halogens is 8. The second-order valence-corrected chi connectivity index (χ2v) is 9.37. The zero-order valence-corrected chi connectivity index (χ0v) is 18.6. The van der Waals surface area contributed by atoms with Crippen molar-refractivity contribution in [3.63, 3.8) is 0 Å². The van der Waals surface area contributed by atoms with Crippen LogP contribution in [0.15, 0.2) is 11.4 Å². The minimum absolute atomic E-state index is 0.112. The molecule has 192 valence electrons. The molecule has 1 amide bonds. The van der Waals surface area contributed by atoms with Crippen molar-refractivity contribution in [1.82, 2.24) is 19.9 Å². The van der Waals surface area contributed by atoms with Crippen molar-refractivity contribution in [1.29, 1.82) is 0 Å². The van der Waals surface area contributed by atoms with Gasteiger partial charge >= 0.3 is 18.3 Å². The molecular formula is C20H18F8N4O2S. The fourth-order valence-electron chi connectivity index (χ4n) is 3.87. The summed E-state index contributed by atoms with van der Waals surface area (Å²) in [5, 5.41) is 0.642. The lowest BCUT2D eigenvalue weighted by molar-refractivity contribution is -0.193. The van der Waals surface area contributed by atoms with Crippen LogP contribution >= 0.6 is 11.3 Å². The molecule has 0 atom stereocenters. The van der Waals surface area contributed by atoms with Crippen molar-refractivity contribution in [3.05, 3.63) is 22.8 Å². The normalized spacial score (nSPS) is 19.5. The van der Waals surface area contributed by atoms with E-state index in [9.17, 15) is 39.9 Å². The highest BCUT2D eigenvalue weighted by Gasteiger charge is 2.47. The molecule has 0 aromatic carbocycles. The van der Waals surface area contributed by atoms with Crippen LogP contribution in [0, 0.1) is 5.92 Å². The van der Waals surface area contributed by atoms with E-state index in [0.717, 1.165) is 5.38 Å². The smallest absolute Gasteiger partial charge is 0.470 e. The SMILES string of the molecule is O=C(N1CC(Oc2cc(CC3CCC(F)(F)CC3)nc(-c3nc(C(F)(F)F)cs3)n2)C1)C(F)(F)F. The minimum atomic E-state index is -5.02. The summed E-state index contributed by atoms with van der Waals surface area (Å²) in [5.74, 6) is -5.17. The van der Waals surface area contributed by atoms with Crippen molar-refractivity contribution >= 4 is 17.2 Å². The number of carbonyl (C=O) groups is 1. The fourth-order valence-corrected chi connectivity index (χ4v) is 4.63. The molecular weight excluding hydrogens is 512 g/mol. The first-order valence-electron chi connectivity index (χ1n) is 10.5. The van der Waals surface area contributed by atoms with Crippen LogP contribution in [0.3, 0.4) is 0 Å². The van der Waals surface area contributed by atoms with Gasteiger partial charge in [0.1, 0.15) is 6.10 Å². The highest BCUT2D eigenvalue weighted by atomic mass is 32.1. The summed E-state index contributed by atoms with van der Waals surface area (Å²) < 4.78 is 109. The summed E-state index contributed by atoms with van der Waals surface area (Å²) in [6.45, 7) is -0.694. The molecule has 3 heterocycles. The zero-order chi connectivity index (χ0) is 25.6. The molecule has 0 spiro atoms. The first-order chi connectivity index (χ1) is 16.2. The van der Waals surface area contributed by atoms with Crippen molar-refractivity contribution in [2.45, 2.75) is 56.5 Å². The molecule has 1 saturated heterocycles. The van der Waals surface area contributed by atoms with Gasteiger partial charge in [0.2, 0.25) is 11.8 Å². The Morgan fingerprint density at radius 2 is 1.74 bits per heavy atom. The van der Waals surface area contributed by atoms with Gasteiger partial charge in [-0.3, -0.25) is 4.79 Å². The van der Waals surface area contributed by atoms with Crippen LogP contribution in [0.25, 0.3) is 10.8 Å². The molecule has 2 aromatic rings. The molecule has 0 radical (unpaired) electrons. The Morgan fingerprint density at radius 3 is 2.31 bits per heavy atom. The number of amides is 1. The minimum Gasteiger partial charge on any atom is -0.470 e. The van der Waals surface area contributed by atoms with E-state index in [1.54, 1.807) is 0 Å². The lowest BCUT2D eigenvalue weighted by Gasteiger charge is -2.38. The quantitative estimate of drug-likeness (QED) is 0.501. The molecule has 15 heteroatoms. The molecule has 35 heavy (non-hydrogen) atoms. The number of thiazole rings is 1. The van der Waals surface area contributed by atoms with E-state index in [1.165, 1.54) is 6.07 Å². The van der Waals surface area contributed by atoms with Crippen molar-refractivity contribution < 1.29 is 44.7 Å². The predicted molar refractivity (Wildman–Crippen MR) is 106 cm³/mol. The second-order valence-electron chi connectivity index (χ2n) is 8.51. The van der Waals surface area contributed by atoms with Crippen LogP contribution in [0.4, 0.5) is 35.1 Å². The topological polar surface area (TPSA) is 68.2 Å². The monoisotopic (exact) mass is 530 g/mol. The van der Waals surface area contributed by atoms with Crippen molar-refractivity contribution in [3.8, 4) is 16.7 Å². The number of hydrogen-bond acceptors (Lipinski definition) is 6. The van der Waals surface area contributed by atoms with Crippen LogP contribution in [-0.2, 0) is 17.4 Å². The van der Waals surface area contributed by atoms with Gasteiger partial charge in [-0.05, 0) is 25.2 Å². The first-order valence-corrected chi connectivity index (χ1v) is 11.4. The molecule has 4 rings (SSSR count). The second kappa shape index (κ2) is 9.13. The highest BCUT2D eigenvalue weighted by molar-refractivity contribution is 7.13. The molecule has 1 saturated carbocycles. The predicted octanol–water partition coefficient (Wildman–Crippen LogP) is 5.14. The number of aromatic nitrogens is 3. The van der Waals surface area contributed by atoms with Gasteiger partial charge in [0.25, 0.3) is 0 Å². The zero-order valence-electron chi connectivity index (χ0n) is 17.8. The summed E-state index contributed by atoms with van der Waals surface area (Å²) >= 11 is 0.650. The van der Waals surface area contributed by atoms with Gasteiger partial charge in [-0.25, -0.2) is 18.7 Å². The summed E-state index contributed by atoms with van der Waals surface area (Å²) in [6.07, 6.45) is -10.4. The number of likely N-dealkylation sites (tertiary alicyclic amines) is 1. The summed E-state index contributed by atoms with van der Waals surface area (Å²) in [4.78, 5) is 23.6. The number of alkyl halides is 8. The molecule has 6 nitrogen and oxygen atoms in total. The third-order valence-corrected chi connectivity index (χ3v) is 6.58. The Balaban J connectivity index is 1.53. The molecule has 0 unspecified atom stereocenters. The van der Waals surface area contributed by atoms with Crippen molar-refractivity contribution in [2.75, 3.05) is 13.1 Å². The van der Waals surface area contributed by atoms with E-state index >= 15 is 0 Å². The van der Waals surface area contributed by atoms with Gasteiger partial charge in [0.15, 0.2) is 16.5 Å². The van der Waals surface area contributed by atoms with Gasteiger partial charge in [0, 0.05) is 30.0 Å². The fraction of sp³-hybridized carbons (Fsp3) is 0.600. The summed E-state index contributed by atoms with van der Waals surface area (Å²) in [6, 6.07) is 1.38. The van der Waals surface area contributed by atoms with E-state index in [1.807, 2.05) is 0 Å². The average molecular weight is 530 g/mol. The van der Waals surface area contributed by atoms with E-state index in [-0.39, 0.29) is 67.8 Å². The van der Waals surface area contributed by atoms with Gasteiger partial charge < -0.3 is 9.64 Å². The van der Waals surface area contributed by atoms with Crippen LogP contribution in [-0.4, -0.2) is 57.1 Å². The largest absolute Gasteiger partial charge is 0.471 e. The Hall–Kier alpha value is -2.58. The van der Waals surface area contributed by atoms with Gasteiger partial charge in [-0.15, -0.1) is 11.3 Å². The maximum absolute atomic E-state index is 13.5. The first kappa shape index (κ1) is 25.5. The van der Waals surface area contributed by atoms with Gasteiger partial charge in [0.05, 0.1) is 13.1 Å². The van der Waals surface area contributed by atoms with Crippen molar-refractivity contribution in [2.24, 2.45) is 5.92 Å². The molecule has 0 bridgehead atoms. The van der Waals surface area contributed by atoms with Crippen LogP contribution < -0.4 is 4.74 Å². The number of hydrogen-bond donors (Lipinski definition) is 0. The molecule has 2 aliphatic rings. The van der Waals surface area contributed by atoms with E-state index in [2.05, 4.69) is 15.0 Å². The van der Waals surface area contributed by atoms with Gasteiger partial charge in [-0.2, -0.15) is 31.3 Å². The Bertz CT molecular complexity index is 1070. The molecule has 2 aromatic heterocycles. The summed E-state index contributed by atoms with van der Waals surface area (Å²) in [5.41, 5.74) is -0.810. The molecule has 1 aliphatic heterocycles. The third kappa shape index (κ3) is 6.16. The standard InChI is InChI=1S/C20H18F8N4O2S/c21-18(22)3-1-10(2-4-18)5-11-6-14(34-12-7-32(8-12)17(33)20(26,27)28)31-15(29-11)16-30-13(9-35-16)19(23,24)25/h6,9-10,12H,1-5,7-8H2. The third-order valence-electron chi connectivity index (χ3n) is 5.74. The Labute approximate surface area is 197 Å². The van der Waals surface area contributed by atoms with E-state index < -0.39 is 36.0 Å². The Morgan fingerprint density at radius 1 is 1.09 bits per heavy atom. The number of carbonyl (C=O) groups excluding carboxylic acids is 1. The lowest BCUT2D eigenvalue weighted by atomic mass is 9.84. The highest BCUT2D eigenvalue weighted by Crippen LogP contribution is 2.38. The number of nitrogens with zero attached hydrogens (tertiary/aromatic N) is 4. The lowest BCUT2D eigenvalue weighted by Crippen LogP contribution is -2.59. The van der Waals surface area contributed by atoms with Gasteiger partial charge in [-0.1, -0.05) is 0 Å².